The lowest BCUT2D eigenvalue weighted by atomic mass is 9.86. The van der Waals surface area contributed by atoms with Crippen LogP contribution in [0.2, 0.25) is 0 Å². The van der Waals surface area contributed by atoms with E-state index < -0.39 is 0 Å². The maximum absolute atomic E-state index is 5.52. The molecule has 0 atom stereocenters. The van der Waals surface area contributed by atoms with E-state index in [9.17, 15) is 0 Å². The van der Waals surface area contributed by atoms with Crippen LogP contribution >= 0.6 is 0 Å². The molecular weight excluding hydrogens is 208 g/mol. The Balaban J connectivity index is 1.83. The first-order valence-corrected chi connectivity index (χ1v) is 7.70. The molecule has 0 spiro atoms. The van der Waals surface area contributed by atoms with E-state index in [2.05, 4.69) is 13.0 Å². The zero-order valence-corrected chi connectivity index (χ0v) is 11.6. The fourth-order valence-electron chi connectivity index (χ4n) is 2.65. The van der Waals surface area contributed by atoms with Crippen molar-refractivity contribution in [1.29, 1.82) is 0 Å². The average Bonchev–Trinajstić information content (AvgIpc) is 2.38. The highest BCUT2D eigenvalue weighted by Crippen LogP contribution is 2.27. The second-order valence-corrected chi connectivity index (χ2v) is 5.38. The Morgan fingerprint density at radius 2 is 1.88 bits per heavy atom. The maximum Gasteiger partial charge on any atom is 0.0873 e. The van der Waals surface area contributed by atoms with Crippen LogP contribution in [0.25, 0.3) is 0 Å². The molecule has 0 N–H and O–H groups in total. The Kier molecular flexibility index (Phi) is 9.17. The van der Waals surface area contributed by atoms with E-state index in [1.54, 1.807) is 0 Å². The lowest BCUT2D eigenvalue weighted by Gasteiger charge is -2.20. The van der Waals surface area contributed by atoms with Crippen LogP contribution in [-0.4, -0.2) is 6.61 Å². The molecule has 1 fully saturated rings. The second-order valence-electron chi connectivity index (χ2n) is 5.38. The van der Waals surface area contributed by atoms with Crippen LogP contribution in [0.4, 0.5) is 0 Å². The summed E-state index contributed by atoms with van der Waals surface area (Å²) < 4.78 is 5.52. The first-order chi connectivity index (χ1) is 8.43. The lowest BCUT2D eigenvalue weighted by molar-refractivity contribution is 0.222. The maximum atomic E-state index is 5.52. The van der Waals surface area contributed by atoms with Gasteiger partial charge in [-0.25, -0.2) is 0 Å². The summed E-state index contributed by atoms with van der Waals surface area (Å²) >= 11 is 0. The molecule has 0 aromatic rings. The van der Waals surface area contributed by atoms with Crippen molar-refractivity contribution in [3.8, 4) is 0 Å². The van der Waals surface area contributed by atoms with Crippen molar-refractivity contribution in [3.63, 3.8) is 0 Å². The molecule has 100 valence electrons. The van der Waals surface area contributed by atoms with Crippen LogP contribution in [0, 0.1) is 5.92 Å². The van der Waals surface area contributed by atoms with Gasteiger partial charge < -0.3 is 4.74 Å². The Bertz CT molecular complexity index is 180. The van der Waals surface area contributed by atoms with Crippen molar-refractivity contribution in [2.75, 3.05) is 6.61 Å². The zero-order chi connectivity index (χ0) is 12.2. The van der Waals surface area contributed by atoms with Gasteiger partial charge >= 0.3 is 0 Å². The van der Waals surface area contributed by atoms with Gasteiger partial charge in [-0.05, 0) is 37.7 Å². The zero-order valence-electron chi connectivity index (χ0n) is 11.6. The number of allylic oxidation sites excluding steroid dienone is 1. The van der Waals surface area contributed by atoms with Crippen molar-refractivity contribution in [2.24, 2.45) is 5.92 Å². The van der Waals surface area contributed by atoms with Crippen LogP contribution in [0.3, 0.4) is 0 Å². The van der Waals surface area contributed by atoms with Crippen LogP contribution < -0.4 is 0 Å². The van der Waals surface area contributed by atoms with E-state index in [4.69, 9.17) is 4.74 Å². The highest BCUT2D eigenvalue weighted by molar-refractivity contribution is 4.73. The molecule has 0 amide bonds. The Morgan fingerprint density at radius 1 is 1.06 bits per heavy atom. The molecule has 0 aromatic carbocycles. The monoisotopic (exact) mass is 238 g/mol. The number of ether oxygens (including phenoxy) is 1. The summed E-state index contributed by atoms with van der Waals surface area (Å²) in [6, 6.07) is 0. The van der Waals surface area contributed by atoms with Crippen molar-refractivity contribution in [3.05, 3.63) is 12.3 Å². The second kappa shape index (κ2) is 10.7. The highest BCUT2D eigenvalue weighted by Gasteiger charge is 2.12. The summed E-state index contributed by atoms with van der Waals surface area (Å²) in [5.41, 5.74) is 0. The topological polar surface area (TPSA) is 9.23 Å². The number of unbranched alkanes of at least 4 members (excludes halogenated alkanes) is 3. The quantitative estimate of drug-likeness (QED) is 0.383. The minimum atomic E-state index is 0.917. The van der Waals surface area contributed by atoms with Crippen molar-refractivity contribution in [1.82, 2.24) is 0 Å². The largest absolute Gasteiger partial charge is 0.502 e. The minimum Gasteiger partial charge on any atom is -0.502 e. The number of rotatable bonds is 9. The fraction of sp³-hybridized carbons (Fsp3) is 0.875. The molecule has 1 heteroatoms. The fourth-order valence-corrected chi connectivity index (χ4v) is 2.65. The molecule has 1 aliphatic rings. The highest BCUT2D eigenvalue weighted by atomic mass is 16.5. The van der Waals surface area contributed by atoms with Crippen LogP contribution in [0.1, 0.15) is 77.6 Å². The summed E-state index contributed by atoms with van der Waals surface area (Å²) in [7, 11) is 0. The third kappa shape index (κ3) is 8.29. The summed E-state index contributed by atoms with van der Waals surface area (Å²) in [5, 5.41) is 0. The normalized spacial score (nSPS) is 17.7. The van der Waals surface area contributed by atoms with Gasteiger partial charge in [0.25, 0.3) is 0 Å². The molecule has 17 heavy (non-hydrogen) atoms. The van der Waals surface area contributed by atoms with E-state index in [1.165, 1.54) is 70.6 Å². The molecule has 1 aliphatic carbocycles. The summed E-state index contributed by atoms with van der Waals surface area (Å²) in [5.74, 6) is 1.00. The van der Waals surface area contributed by atoms with Gasteiger partial charge in [-0.2, -0.15) is 0 Å². The molecular formula is C16H30O. The molecule has 0 heterocycles. The molecule has 0 saturated heterocycles. The van der Waals surface area contributed by atoms with Gasteiger partial charge in [0.1, 0.15) is 0 Å². The van der Waals surface area contributed by atoms with Crippen molar-refractivity contribution >= 4 is 0 Å². The van der Waals surface area contributed by atoms with E-state index in [-0.39, 0.29) is 0 Å². The average molecular weight is 238 g/mol. The smallest absolute Gasteiger partial charge is 0.0873 e. The first kappa shape index (κ1) is 14.6. The lowest BCUT2D eigenvalue weighted by Crippen LogP contribution is -2.06. The predicted octanol–water partition coefficient (Wildman–Crippen LogP) is 5.46. The van der Waals surface area contributed by atoms with Gasteiger partial charge in [0, 0.05) is 0 Å². The number of hydrogen-bond acceptors (Lipinski definition) is 1. The van der Waals surface area contributed by atoms with Gasteiger partial charge in [0.2, 0.25) is 0 Å². The van der Waals surface area contributed by atoms with Crippen LogP contribution in [0.5, 0.6) is 0 Å². The van der Waals surface area contributed by atoms with Crippen molar-refractivity contribution < 1.29 is 4.74 Å². The summed E-state index contributed by atoms with van der Waals surface area (Å²) in [6.45, 7) is 3.16. The van der Waals surface area contributed by atoms with E-state index in [0.29, 0.717) is 0 Å². The summed E-state index contributed by atoms with van der Waals surface area (Å²) in [4.78, 5) is 0. The molecule has 0 radical (unpaired) electrons. The van der Waals surface area contributed by atoms with Crippen LogP contribution in [-0.2, 0) is 4.74 Å². The first-order valence-electron chi connectivity index (χ1n) is 7.70. The minimum absolute atomic E-state index is 0.917. The molecule has 0 aliphatic heterocycles. The molecule has 0 bridgehead atoms. The number of hydrogen-bond donors (Lipinski definition) is 0. The Morgan fingerprint density at radius 3 is 2.65 bits per heavy atom. The van der Waals surface area contributed by atoms with Crippen LogP contribution in [0.15, 0.2) is 12.3 Å². The predicted molar refractivity (Wildman–Crippen MR) is 75.0 cm³/mol. The van der Waals surface area contributed by atoms with Gasteiger partial charge in [0.15, 0.2) is 0 Å². The van der Waals surface area contributed by atoms with Crippen molar-refractivity contribution in [2.45, 2.75) is 77.6 Å². The van der Waals surface area contributed by atoms with E-state index >= 15 is 0 Å². The van der Waals surface area contributed by atoms with E-state index in [1.807, 2.05) is 6.26 Å². The Hall–Kier alpha value is -0.460. The SMILES string of the molecule is CCCCCC=COCCCC1CCCCC1. The van der Waals surface area contributed by atoms with Gasteiger partial charge in [-0.3, -0.25) is 0 Å². The van der Waals surface area contributed by atoms with Gasteiger partial charge in [0.05, 0.1) is 12.9 Å². The Labute approximate surface area is 108 Å². The van der Waals surface area contributed by atoms with Gasteiger partial charge in [-0.15, -0.1) is 0 Å². The third-order valence-corrected chi connectivity index (χ3v) is 3.77. The molecule has 0 unspecified atom stereocenters. The van der Waals surface area contributed by atoms with E-state index in [0.717, 1.165) is 12.5 Å². The molecule has 1 nitrogen and oxygen atoms in total. The summed E-state index contributed by atoms with van der Waals surface area (Å²) in [6.07, 6.45) is 19.1. The molecule has 0 aromatic heterocycles. The third-order valence-electron chi connectivity index (χ3n) is 3.77. The standard InChI is InChI=1S/C16H30O/c1-2-3-4-5-9-14-17-15-10-13-16-11-7-6-8-12-16/h9,14,16H,2-8,10-13,15H2,1H3. The van der Waals surface area contributed by atoms with Gasteiger partial charge in [-0.1, -0.05) is 51.9 Å². The molecule has 1 saturated carbocycles. The molecule has 1 rings (SSSR count).